The molecule has 7 heteroatoms. The topological polar surface area (TPSA) is 86.9 Å². The standard InChI is InChI=1S/C32H42FN3O3/c33-26-7-5-24(6-8-26)31(38)25-12-17-35(18-13-25)16-11-22-1-3-23(4-2-22)30-21-27(9-10-29(30)32(34)39)36-19-14-28(37)15-20-36/h5-10,21-23,25,28,37H,1-4,11-20H2,(H2,34,39). The molecule has 5 rings (SSSR count). The summed E-state index contributed by atoms with van der Waals surface area (Å²) in [5.41, 5.74) is 9.26. The van der Waals surface area contributed by atoms with E-state index >= 15 is 0 Å². The van der Waals surface area contributed by atoms with Crippen LogP contribution in [0.1, 0.15) is 90.0 Å². The maximum absolute atomic E-state index is 13.2. The molecular weight excluding hydrogens is 493 g/mol. The van der Waals surface area contributed by atoms with Crippen LogP contribution in [0.25, 0.3) is 0 Å². The van der Waals surface area contributed by atoms with Crippen molar-refractivity contribution in [1.82, 2.24) is 4.90 Å². The Morgan fingerprint density at radius 1 is 0.872 bits per heavy atom. The third-order valence-electron chi connectivity index (χ3n) is 9.36. The Bertz CT molecular complexity index is 1130. The fourth-order valence-corrected chi connectivity index (χ4v) is 6.83. The maximum Gasteiger partial charge on any atom is 0.248 e. The van der Waals surface area contributed by atoms with Crippen LogP contribution < -0.4 is 10.6 Å². The van der Waals surface area contributed by atoms with Crippen molar-refractivity contribution < 1.29 is 19.1 Å². The van der Waals surface area contributed by atoms with E-state index in [1.807, 2.05) is 12.1 Å². The number of carbonyl (C=O) groups is 2. The largest absolute Gasteiger partial charge is 0.393 e. The first-order chi connectivity index (χ1) is 18.9. The van der Waals surface area contributed by atoms with E-state index in [2.05, 4.69) is 15.9 Å². The van der Waals surface area contributed by atoms with Gasteiger partial charge in [-0.05, 0) is 137 Å². The van der Waals surface area contributed by atoms with E-state index in [0.717, 1.165) is 95.3 Å². The van der Waals surface area contributed by atoms with E-state index in [4.69, 9.17) is 5.73 Å². The second kappa shape index (κ2) is 12.6. The number of aliphatic hydroxyl groups excluding tert-OH is 1. The van der Waals surface area contributed by atoms with Gasteiger partial charge in [-0.1, -0.05) is 0 Å². The van der Waals surface area contributed by atoms with Gasteiger partial charge in [0, 0.05) is 35.8 Å². The summed E-state index contributed by atoms with van der Waals surface area (Å²) in [6.07, 6.45) is 8.70. The van der Waals surface area contributed by atoms with Gasteiger partial charge >= 0.3 is 0 Å². The minimum absolute atomic E-state index is 0.0346. The normalized spacial score (nSPS) is 23.6. The van der Waals surface area contributed by atoms with Crippen molar-refractivity contribution in [2.75, 3.05) is 37.6 Å². The van der Waals surface area contributed by atoms with Gasteiger partial charge in [-0.15, -0.1) is 0 Å². The molecule has 0 radical (unpaired) electrons. The number of piperidine rings is 2. The molecule has 3 aliphatic rings. The Kier molecular flexibility index (Phi) is 8.98. The monoisotopic (exact) mass is 535 g/mol. The van der Waals surface area contributed by atoms with Crippen molar-refractivity contribution in [3.63, 3.8) is 0 Å². The van der Waals surface area contributed by atoms with Crippen molar-refractivity contribution in [1.29, 1.82) is 0 Å². The number of Topliss-reactive ketones (excluding diaryl/α,β-unsaturated/α-hetero) is 1. The quantitative estimate of drug-likeness (QED) is 0.457. The number of benzene rings is 2. The molecule has 2 aromatic carbocycles. The Morgan fingerprint density at radius 2 is 1.54 bits per heavy atom. The first kappa shape index (κ1) is 27.8. The minimum Gasteiger partial charge on any atom is -0.393 e. The summed E-state index contributed by atoms with van der Waals surface area (Å²) in [6.45, 7) is 4.61. The number of nitrogens with zero attached hydrogens (tertiary/aromatic N) is 2. The molecule has 2 aliphatic heterocycles. The van der Waals surface area contributed by atoms with Gasteiger partial charge in [-0.3, -0.25) is 9.59 Å². The highest BCUT2D eigenvalue weighted by Gasteiger charge is 2.29. The molecule has 0 bridgehead atoms. The van der Waals surface area contributed by atoms with E-state index < -0.39 is 0 Å². The molecule has 1 saturated carbocycles. The fourth-order valence-electron chi connectivity index (χ4n) is 6.83. The molecular formula is C32H42FN3O3. The van der Waals surface area contributed by atoms with Gasteiger partial charge in [0.05, 0.1) is 6.10 Å². The zero-order valence-corrected chi connectivity index (χ0v) is 22.9. The Hall–Kier alpha value is -2.77. The van der Waals surface area contributed by atoms with E-state index in [9.17, 15) is 19.1 Å². The van der Waals surface area contributed by atoms with Crippen LogP contribution in [0.15, 0.2) is 42.5 Å². The average molecular weight is 536 g/mol. The average Bonchev–Trinajstić information content (AvgIpc) is 2.97. The molecule has 39 heavy (non-hydrogen) atoms. The third-order valence-corrected chi connectivity index (χ3v) is 9.36. The molecule has 2 heterocycles. The summed E-state index contributed by atoms with van der Waals surface area (Å²) in [5, 5.41) is 9.87. The lowest BCUT2D eigenvalue weighted by Crippen LogP contribution is -2.37. The van der Waals surface area contributed by atoms with Gasteiger partial charge in [0.25, 0.3) is 0 Å². The number of hydrogen-bond acceptors (Lipinski definition) is 5. The highest BCUT2D eigenvalue weighted by molar-refractivity contribution is 5.98. The number of aliphatic hydroxyl groups is 1. The van der Waals surface area contributed by atoms with Crippen LogP contribution in [0.3, 0.4) is 0 Å². The van der Waals surface area contributed by atoms with Crippen LogP contribution in [0.2, 0.25) is 0 Å². The fraction of sp³-hybridized carbons (Fsp3) is 0.562. The number of anilines is 1. The zero-order chi connectivity index (χ0) is 27.4. The zero-order valence-electron chi connectivity index (χ0n) is 22.9. The Morgan fingerprint density at radius 3 is 2.18 bits per heavy atom. The van der Waals surface area contributed by atoms with E-state index in [-0.39, 0.29) is 29.5 Å². The number of ketones is 1. The lowest BCUT2D eigenvalue weighted by Gasteiger charge is -2.35. The van der Waals surface area contributed by atoms with Crippen LogP contribution in [0, 0.1) is 17.7 Å². The van der Waals surface area contributed by atoms with Gasteiger partial charge in [-0.25, -0.2) is 4.39 Å². The second-order valence-corrected chi connectivity index (χ2v) is 11.8. The van der Waals surface area contributed by atoms with Crippen LogP contribution in [0.4, 0.5) is 10.1 Å². The van der Waals surface area contributed by atoms with Crippen molar-refractivity contribution in [2.45, 2.75) is 69.8 Å². The van der Waals surface area contributed by atoms with Crippen molar-refractivity contribution in [3.05, 3.63) is 65.0 Å². The van der Waals surface area contributed by atoms with Gasteiger partial charge in [0.1, 0.15) is 5.82 Å². The second-order valence-electron chi connectivity index (χ2n) is 11.8. The number of likely N-dealkylation sites (tertiary alicyclic amines) is 1. The van der Waals surface area contributed by atoms with Gasteiger partial charge in [0.2, 0.25) is 5.91 Å². The molecule has 1 amide bonds. The third kappa shape index (κ3) is 6.87. The molecule has 0 unspecified atom stereocenters. The lowest BCUT2D eigenvalue weighted by molar-refractivity contribution is 0.0832. The smallest absolute Gasteiger partial charge is 0.248 e. The number of primary amides is 1. The Labute approximate surface area is 231 Å². The molecule has 210 valence electrons. The summed E-state index contributed by atoms with van der Waals surface area (Å²) < 4.78 is 13.2. The number of rotatable bonds is 8. The molecule has 3 N–H and O–H groups in total. The molecule has 1 aliphatic carbocycles. The lowest BCUT2D eigenvalue weighted by atomic mass is 9.76. The van der Waals surface area contributed by atoms with E-state index in [1.165, 1.54) is 18.6 Å². The molecule has 0 spiro atoms. The molecule has 2 aromatic rings. The number of nitrogens with two attached hydrogens (primary N) is 1. The molecule has 2 saturated heterocycles. The first-order valence-corrected chi connectivity index (χ1v) is 14.8. The van der Waals surface area contributed by atoms with Gasteiger partial charge in [-0.2, -0.15) is 0 Å². The SMILES string of the molecule is NC(=O)c1ccc(N2CCC(O)CC2)cc1C1CCC(CCN2CCC(C(=O)c3ccc(F)cc3)CC2)CC1. The number of halogens is 1. The van der Waals surface area contributed by atoms with Gasteiger partial charge in [0.15, 0.2) is 5.78 Å². The predicted molar refractivity (Wildman–Crippen MR) is 152 cm³/mol. The summed E-state index contributed by atoms with van der Waals surface area (Å²) in [5.74, 6) is 0.554. The van der Waals surface area contributed by atoms with Crippen LogP contribution in [0.5, 0.6) is 0 Å². The number of hydrogen-bond donors (Lipinski definition) is 2. The number of amides is 1. The van der Waals surface area contributed by atoms with Crippen LogP contribution in [-0.2, 0) is 0 Å². The summed E-state index contributed by atoms with van der Waals surface area (Å²) >= 11 is 0. The minimum atomic E-state index is -0.353. The van der Waals surface area contributed by atoms with E-state index in [1.54, 1.807) is 12.1 Å². The highest BCUT2D eigenvalue weighted by Crippen LogP contribution is 2.40. The number of carbonyl (C=O) groups excluding carboxylic acids is 2. The van der Waals surface area contributed by atoms with Crippen molar-refractivity contribution in [2.24, 2.45) is 17.6 Å². The van der Waals surface area contributed by atoms with Crippen LogP contribution in [-0.4, -0.2) is 60.5 Å². The molecule has 6 nitrogen and oxygen atoms in total. The highest BCUT2D eigenvalue weighted by atomic mass is 19.1. The van der Waals surface area contributed by atoms with Gasteiger partial charge < -0.3 is 20.6 Å². The summed E-state index contributed by atoms with van der Waals surface area (Å²) in [4.78, 5) is 29.8. The molecule has 0 atom stereocenters. The molecule has 0 aromatic heterocycles. The first-order valence-electron chi connectivity index (χ1n) is 14.8. The summed E-state index contributed by atoms with van der Waals surface area (Å²) in [7, 11) is 0. The van der Waals surface area contributed by atoms with Crippen molar-refractivity contribution >= 4 is 17.4 Å². The van der Waals surface area contributed by atoms with E-state index in [0.29, 0.717) is 23.0 Å². The van der Waals surface area contributed by atoms with Crippen LogP contribution >= 0.6 is 0 Å². The predicted octanol–water partition coefficient (Wildman–Crippen LogP) is 5.14. The Balaban J connectivity index is 1.10. The van der Waals surface area contributed by atoms with Crippen molar-refractivity contribution in [3.8, 4) is 0 Å². The maximum atomic E-state index is 13.2. The molecule has 3 fully saturated rings. The summed E-state index contributed by atoms with van der Waals surface area (Å²) in [6, 6.07) is 12.0.